The SMILES string of the molecule is CCCCCCCCCCCCCCCCCC(=O)NN=Cc1ccc(OC(=O)c2cccc3ccccc23)cc1. The fourth-order valence-electron chi connectivity index (χ4n) is 5.08. The van der Waals surface area contributed by atoms with Gasteiger partial charge in [0.2, 0.25) is 5.91 Å². The largest absolute Gasteiger partial charge is 0.423 e. The lowest BCUT2D eigenvalue weighted by atomic mass is 10.0. The molecule has 0 aromatic heterocycles. The second kappa shape index (κ2) is 19.6. The van der Waals surface area contributed by atoms with Crippen LogP contribution in [0.25, 0.3) is 10.8 Å². The molecule has 3 aromatic rings. The molecule has 0 fully saturated rings. The van der Waals surface area contributed by atoms with E-state index in [1.807, 2.05) is 36.4 Å². The number of fused-ring (bicyclic) bond motifs is 1. The number of nitrogens with one attached hydrogen (secondary N) is 1. The summed E-state index contributed by atoms with van der Waals surface area (Å²) in [5.74, 6) is 0.00292. The number of hydrogen-bond donors (Lipinski definition) is 1. The predicted octanol–water partition coefficient (Wildman–Crippen LogP) is 9.77. The molecule has 0 atom stereocenters. The van der Waals surface area contributed by atoms with Crippen LogP contribution in [0.3, 0.4) is 0 Å². The summed E-state index contributed by atoms with van der Waals surface area (Å²) in [6.45, 7) is 2.27. The van der Waals surface area contributed by atoms with E-state index in [2.05, 4.69) is 17.5 Å². The second-order valence-corrected chi connectivity index (χ2v) is 11.0. The number of amides is 1. The van der Waals surface area contributed by atoms with Crippen molar-refractivity contribution >= 4 is 28.9 Å². The van der Waals surface area contributed by atoms with Crippen molar-refractivity contribution in [3.8, 4) is 5.75 Å². The summed E-state index contributed by atoms with van der Waals surface area (Å²) in [4.78, 5) is 24.8. The Labute approximate surface area is 246 Å². The minimum Gasteiger partial charge on any atom is -0.423 e. The van der Waals surface area contributed by atoms with Crippen LogP contribution in [0, 0.1) is 0 Å². The third-order valence-electron chi connectivity index (χ3n) is 7.51. The van der Waals surface area contributed by atoms with Crippen LogP contribution >= 0.6 is 0 Å². The highest BCUT2D eigenvalue weighted by Crippen LogP contribution is 2.21. The van der Waals surface area contributed by atoms with E-state index < -0.39 is 5.97 Å². The first-order valence-corrected chi connectivity index (χ1v) is 15.8. The average Bonchev–Trinajstić information content (AvgIpc) is 2.99. The van der Waals surface area contributed by atoms with Crippen LogP contribution in [0.5, 0.6) is 5.75 Å². The summed E-state index contributed by atoms with van der Waals surface area (Å²) in [5.41, 5.74) is 3.95. The molecule has 3 aromatic carbocycles. The van der Waals surface area contributed by atoms with Crippen LogP contribution in [0.1, 0.15) is 126 Å². The molecule has 41 heavy (non-hydrogen) atoms. The molecule has 1 N–H and O–H groups in total. The van der Waals surface area contributed by atoms with Crippen LogP contribution in [-0.4, -0.2) is 18.1 Å². The Morgan fingerprint density at radius 2 is 1.24 bits per heavy atom. The fourth-order valence-corrected chi connectivity index (χ4v) is 5.08. The lowest BCUT2D eigenvalue weighted by Gasteiger charge is -2.07. The third-order valence-corrected chi connectivity index (χ3v) is 7.51. The van der Waals surface area contributed by atoms with E-state index >= 15 is 0 Å². The first-order chi connectivity index (χ1) is 20.2. The average molecular weight is 557 g/mol. The summed E-state index contributed by atoms with van der Waals surface area (Å²) in [5, 5.41) is 5.93. The van der Waals surface area contributed by atoms with Crippen molar-refractivity contribution < 1.29 is 14.3 Å². The van der Waals surface area contributed by atoms with Crippen LogP contribution in [0.15, 0.2) is 71.8 Å². The number of carbonyl (C=O) groups is 2. The number of carbonyl (C=O) groups excluding carboxylic acids is 2. The van der Waals surface area contributed by atoms with Gasteiger partial charge in [-0.15, -0.1) is 0 Å². The smallest absolute Gasteiger partial charge is 0.344 e. The minimum absolute atomic E-state index is 0.0587. The maximum Gasteiger partial charge on any atom is 0.344 e. The highest BCUT2D eigenvalue weighted by Gasteiger charge is 2.12. The molecule has 0 heterocycles. The number of hydrogen-bond acceptors (Lipinski definition) is 4. The molecule has 0 radical (unpaired) electrons. The first kappa shape index (κ1) is 32.0. The molecule has 0 unspecified atom stereocenters. The van der Waals surface area contributed by atoms with Crippen LogP contribution in [-0.2, 0) is 4.79 Å². The maximum absolute atomic E-state index is 12.7. The molecule has 220 valence electrons. The Bertz CT molecular complexity index is 1200. The molecule has 5 heteroatoms. The molecule has 0 saturated carbocycles. The molecular weight excluding hydrogens is 508 g/mol. The van der Waals surface area contributed by atoms with Crippen LogP contribution in [0.2, 0.25) is 0 Å². The van der Waals surface area contributed by atoms with Crippen molar-refractivity contribution in [3.63, 3.8) is 0 Å². The van der Waals surface area contributed by atoms with Crippen molar-refractivity contribution in [2.75, 3.05) is 0 Å². The summed E-state index contributed by atoms with van der Waals surface area (Å²) < 4.78 is 5.57. The zero-order valence-corrected chi connectivity index (χ0v) is 24.9. The number of hydrazone groups is 1. The Hall–Kier alpha value is -3.47. The minimum atomic E-state index is -0.394. The number of nitrogens with zero attached hydrogens (tertiary/aromatic N) is 1. The van der Waals surface area contributed by atoms with Crippen molar-refractivity contribution in [1.29, 1.82) is 0 Å². The fraction of sp³-hybridized carbons (Fsp3) is 0.472. The van der Waals surface area contributed by atoms with E-state index in [4.69, 9.17) is 4.74 Å². The van der Waals surface area contributed by atoms with Gasteiger partial charge in [0.1, 0.15) is 5.75 Å². The van der Waals surface area contributed by atoms with E-state index in [-0.39, 0.29) is 5.91 Å². The van der Waals surface area contributed by atoms with E-state index in [0.29, 0.717) is 17.7 Å². The molecule has 5 nitrogen and oxygen atoms in total. The third kappa shape index (κ3) is 12.7. The Morgan fingerprint density at radius 1 is 0.683 bits per heavy atom. The maximum atomic E-state index is 12.7. The summed E-state index contributed by atoms with van der Waals surface area (Å²) in [7, 11) is 0. The van der Waals surface area contributed by atoms with Gasteiger partial charge in [0.25, 0.3) is 0 Å². The monoisotopic (exact) mass is 556 g/mol. The quantitative estimate of drug-likeness (QED) is 0.0495. The van der Waals surface area contributed by atoms with Gasteiger partial charge < -0.3 is 4.74 Å². The summed E-state index contributed by atoms with van der Waals surface area (Å²) in [6, 6.07) is 20.4. The number of rotatable bonds is 20. The van der Waals surface area contributed by atoms with Crippen molar-refractivity contribution in [1.82, 2.24) is 5.43 Å². The molecule has 0 aliphatic carbocycles. The summed E-state index contributed by atoms with van der Waals surface area (Å²) in [6.07, 6.45) is 21.7. The van der Waals surface area contributed by atoms with Crippen molar-refractivity contribution in [2.24, 2.45) is 5.10 Å². The van der Waals surface area contributed by atoms with Gasteiger partial charge in [0.05, 0.1) is 11.8 Å². The number of esters is 1. The van der Waals surface area contributed by atoms with Gasteiger partial charge >= 0.3 is 5.97 Å². The lowest BCUT2D eigenvalue weighted by Crippen LogP contribution is -2.16. The van der Waals surface area contributed by atoms with E-state index in [1.165, 1.54) is 83.5 Å². The highest BCUT2D eigenvalue weighted by atomic mass is 16.5. The highest BCUT2D eigenvalue weighted by molar-refractivity contribution is 6.05. The Morgan fingerprint density at radius 3 is 1.88 bits per heavy atom. The molecule has 0 bridgehead atoms. The van der Waals surface area contributed by atoms with Gasteiger partial charge in [-0.05, 0) is 53.1 Å². The van der Waals surface area contributed by atoms with Gasteiger partial charge in [0, 0.05) is 6.42 Å². The van der Waals surface area contributed by atoms with E-state index in [1.54, 1.807) is 36.5 Å². The lowest BCUT2D eigenvalue weighted by molar-refractivity contribution is -0.121. The van der Waals surface area contributed by atoms with Gasteiger partial charge in [-0.1, -0.05) is 133 Å². The Kier molecular flexibility index (Phi) is 15.3. The van der Waals surface area contributed by atoms with Crippen LogP contribution < -0.4 is 10.2 Å². The van der Waals surface area contributed by atoms with Crippen LogP contribution in [0.4, 0.5) is 0 Å². The zero-order chi connectivity index (χ0) is 29.0. The van der Waals surface area contributed by atoms with Gasteiger partial charge in [-0.2, -0.15) is 5.10 Å². The van der Waals surface area contributed by atoms with Crippen molar-refractivity contribution in [3.05, 3.63) is 77.9 Å². The Balaban J connectivity index is 1.21. The molecule has 0 spiro atoms. The molecule has 0 aliphatic rings. The van der Waals surface area contributed by atoms with Crippen molar-refractivity contribution in [2.45, 2.75) is 110 Å². The molecular formula is C36H48N2O3. The molecule has 3 rings (SSSR count). The standard InChI is InChI=1S/C36H48N2O3/c1-2-3-4-5-6-7-8-9-10-11-12-13-14-15-16-24-35(39)38-37-29-30-25-27-32(28-26-30)41-36(40)34-23-19-21-31-20-17-18-22-33(31)34/h17-23,25-29H,2-16,24H2,1H3,(H,38,39). The van der Waals surface area contributed by atoms with Gasteiger partial charge in [-0.25, -0.2) is 10.2 Å². The van der Waals surface area contributed by atoms with E-state index in [9.17, 15) is 9.59 Å². The zero-order valence-electron chi connectivity index (χ0n) is 24.9. The normalized spacial score (nSPS) is 11.2. The molecule has 0 aliphatic heterocycles. The second-order valence-electron chi connectivity index (χ2n) is 11.0. The van der Waals surface area contributed by atoms with E-state index in [0.717, 1.165) is 29.2 Å². The number of unbranched alkanes of at least 4 members (excludes halogenated alkanes) is 14. The topological polar surface area (TPSA) is 67.8 Å². The predicted molar refractivity (Wildman–Crippen MR) is 171 cm³/mol. The van der Waals surface area contributed by atoms with Gasteiger partial charge in [-0.3, -0.25) is 4.79 Å². The van der Waals surface area contributed by atoms with Gasteiger partial charge in [0.15, 0.2) is 0 Å². The summed E-state index contributed by atoms with van der Waals surface area (Å²) >= 11 is 0. The number of ether oxygens (including phenoxy) is 1. The number of benzene rings is 3. The first-order valence-electron chi connectivity index (χ1n) is 15.8. The molecule has 1 amide bonds. The molecule has 0 saturated heterocycles.